The summed E-state index contributed by atoms with van der Waals surface area (Å²) in [5.74, 6) is -0.701. The standard InChI is InChI=1S/C16H16ClNO5S/c17-12-3-1-11(2-4-12)13-9-16(15(20)10-14(13)19)24(21,22)18-5-7-23-8-6-18/h1-4,9-10,19-20H,5-8H2. The van der Waals surface area contributed by atoms with Gasteiger partial charge in [0.15, 0.2) is 0 Å². The third kappa shape index (κ3) is 3.21. The van der Waals surface area contributed by atoms with Gasteiger partial charge >= 0.3 is 0 Å². The summed E-state index contributed by atoms with van der Waals surface area (Å²) in [5.41, 5.74) is 0.895. The molecule has 0 amide bonds. The highest BCUT2D eigenvalue weighted by molar-refractivity contribution is 7.89. The first-order valence-corrected chi connectivity index (χ1v) is 9.11. The minimum atomic E-state index is -3.88. The van der Waals surface area contributed by atoms with Crippen molar-refractivity contribution in [3.8, 4) is 22.6 Å². The summed E-state index contributed by atoms with van der Waals surface area (Å²) in [7, 11) is -3.88. The summed E-state index contributed by atoms with van der Waals surface area (Å²) in [6.45, 7) is 1.06. The Bertz CT molecular complexity index is 846. The molecule has 3 rings (SSSR count). The largest absolute Gasteiger partial charge is 0.507 e. The number of ether oxygens (including phenoxy) is 1. The van der Waals surface area contributed by atoms with Crippen molar-refractivity contribution in [1.29, 1.82) is 0 Å². The van der Waals surface area contributed by atoms with Crippen molar-refractivity contribution in [1.82, 2.24) is 4.31 Å². The van der Waals surface area contributed by atoms with Crippen molar-refractivity contribution in [3.63, 3.8) is 0 Å². The van der Waals surface area contributed by atoms with Crippen LogP contribution in [0.2, 0.25) is 5.02 Å². The fraction of sp³-hybridized carbons (Fsp3) is 0.250. The third-order valence-electron chi connectivity index (χ3n) is 3.82. The van der Waals surface area contributed by atoms with Gasteiger partial charge in [-0.2, -0.15) is 4.31 Å². The number of morpholine rings is 1. The first-order chi connectivity index (χ1) is 11.4. The molecule has 8 heteroatoms. The quantitative estimate of drug-likeness (QED) is 0.867. The Labute approximate surface area is 144 Å². The number of phenols is 2. The van der Waals surface area contributed by atoms with Crippen molar-refractivity contribution in [2.24, 2.45) is 0 Å². The maximum absolute atomic E-state index is 12.8. The van der Waals surface area contributed by atoms with Gasteiger partial charge in [0.1, 0.15) is 16.4 Å². The van der Waals surface area contributed by atoms with E-state index in [4.69, 9.17) is 16.3 Å². The van der Waals surface area contributed by atoms with Gasteiger partial charge in [-0.05, 0) is 23.8 Å². The van der Waals surface area contributed by atoms with Gasteiger partial charge in [-0.15, -0.1) is 0 Å². The second-order valence-electron chi connectivity index (χ2n) is 5.36. The van der Waals surface area contributed by atoms with Crippen molar-refractivity contribution >= 4 is 21.6 Å². The summed E-state index contributed by atoms with van der Waals surface area (Å²) in [6.07, 6.45) is 0. The maximum Gasteiger partial charge on any atom is 0.246 e. The molecular weight excluding hydrogens is 354 g/mol. The van der Waals surface area contributed by atoms with Crippen LogP contribution in [0.25, 0.3) is 11.1 Å². The van der Waals surface area contributed by atoms with Gasteiger partial charge in [0.05, 0.1) is 13.2 Å². The highest BCUT2D eigenvalue weighted by Crippen LogP contribution is 2.38. The van der Waals surface area contributed by atoms with E-state index < -0.39 is 15.8 Å². The molecule has 2 N–H and O–H groups in total. The number of hydrogen-bond donors (Lipinski definition) is 2. The van der Waals surface area contributed by atoms with Crippen LogP contribution in [0.1, 0.15) is 0 Å². The predicted octanol–water partition coefficient (Wildman–Crippen LogP) is 2.44. The Morgan fingerprint density at radius 1 is 1.00 bits per heavy atom. The molecule has 6 nitrogen and oxygen atoms in total. The molecule has 128 valence electrons. The van der Waals surface area contributed by atoms with Crippen LogP contribution in [-0.2, 0) is 14.8 Å². The molecule has 0 aromatic heterocycles. The Balaban J connectivity index is 2.08. The van der Waals surface area contributed by atoms with E-state index in [1.54, 1.807) is 24.3 Å². The smallest absolute Gasteiger partial charge is 0.246 e. The van der Waals surface area contributed by atoms with Gasteiger partial charge in [-0.3, -0.25) is 0 Å². The lowest BCUT2D eigenvalue weighted by atomic mass is 10.0. The van der Waals surface area contributed by atoms with Crippen LogP contribution in [0.5, 0.6) is 11.5 Å². The molecule has 1 aliphatic rings. The Morgan fingerprint density at radius 2 is 1.62 bits per heavy atom. The molecule has 2 aromatic carbocycles. The average molecular weight is 370 g/mol. The number of halogens is 1. The second-order valence-corrected chi connectivity index (χ2v) is 7.70. The monoisotopic (exact) mass is 369 g/mol. The molecule has 1 saturated heterocycles. The minimum absolute atomic E-state index is 0.212. The van der Waals surface area contributed by atoms with Gasteiger partial charge in [0.2, 0.25) is 10.0 Å². The van der Waals surface area contributed by atoms with E-state index in [1.165, 1.54) is 10.4 Å². The molecular formula is C16H16ClNO5S. The number of phenolic OH excluding ortho intramolecular Hbond substituents is 2. The zero-order valence-electron chi connectivity index (χ0n) is 12.6. The molecule has 1 heterocycles. The van der Waals surface area contributed by atoms with E-state index >= 15 is 0 Å². The summed E-state index contributed by atoms with van der Waals surface area (Å²) >= 11 is 5.85. The molecule has 0 atom stereocenters. The van der Waals surface area contributed by atoms with Gasteiger partial charge < -0.3 is 14.9 Å². The lowest BCUT2D eigenvalue weighted by Gasteiger charge is -2.26. The average Bonchev–Trinajstić information content (AvgIpc) is 2.56. The number of aromatic hydroxyl groups is 2. The van der Waals surface area contributed by atoms with E-state index in [-0.39, 0.29) is 23.7 Å². The van der Waals surface area contributed by atoms with Crippen LogP contribution in [0, 0.1) is 0 Å². The van der Waals surface area contributed by atoms with Crippen LogP contribution >= 0.6 is 11.6 Å². The van der Waals surface area contributed by atoms with Crippen LogP contribution in [0.3, 0.4) is 0 Å². The molecule has 0 saturated carbocycles. The number of sulfonamides is 1. The molecule has 2 aromatic rings. The number of benzene rings is 2. The molecule has 0 unspecified atom stereocenters. The summed E-state index contributed by atoms with van der Waals surface area (Å²) < 4.78 is 32.0. The minimum Gasteiger partial charge on any atom is -0.507 e. The van der Waals surface area contributed by atoms with Gasteiger partial charge in [-0.25, -0.2) is 8.42 Å². The van der Waals surface area contributed by atoms with Crippen LogP contribution in [-0.4, -0.2) is 49.2 Å². The number of nitrogens with zero attached hydrogens (tertiary/aromatic N) is 1. The topological polar surface area (TPSA) is 87.1 Å². The summed E-state index contributed by atoms with van der Waals surface area (Å²) in [5, 5.41) is 20.7. The third-order valence-corrected chi connectivity index (χ3v) is 6.00. The maximum atomic E-state index is 12.8. The molecule has 0 bridgehead atoms. The van der Waals surface area contributed by atoms with E-state index in [1.807, 2.05) is 0 Å². The predicted molar refractivity (Wildman–Crippen MR) is 89.8 cm³/mol. The lowest BCUT2D eigenvalue weighted by molar-refractivity contribution is 0.0729. The zero-order valence-corrected chi connectivity index (χ0v) is 14.2. The molecule has 0 spiro atoms. The zero-order chi connectivity index (χ0) is 17.3. The highest BCUT2D eigenvalue weighted by atomic mass is 35.5. The van der Waals surface area contributed by atoms with Crippen LogP contribution in [0.4, 0.5) is 0 Å². The molecule has 0 aliphatic carbocycles. The number of rotatable bonds is 3. The molecule has 1 fully saturated rings. The van der Waals surface area contributed by atoms with Gasteiger partial charge in [-0.1, -0.05) is 23.7 Å². The second kappa shape index (κ2) is 6.60. The summed E-state index contributed by atoms with van der Waals surface area (Å²) in [4.78, 5) is -0.243. The van der Waals surface area contributed by atoms with Gasteiger partial charge in [0.25, 0.3) is 0 Å². The van der Waals surface area contributed by atoms with Crippen molar-refractivity contribution in [2.45, 2.75) is 4.90 Å². The fourth-order valence-corrected chi connectivity index (χ4v) is 4.17. The molecule has 1 aliphatic heterocycles. The van der Waals surface area contributed by atoms with Crippen molar-refractivity contribution in [2.75, 3.05) is 26.3 Å². The van der Waals surface area contributed by atoms with Crippen molar-refractivity contribution in [3.05, 3.63) is 41.4 Å². The Kier molecular flexibility index (Phi) is 4.69. The van der Waals surface area contributed by atoms with Crippen molar-refractivity contribution < 1.29 is 23.4 Å². The highest BCUT2D eigenvalue weighted by Gasteiger charge is 2.30. The lowest BCUT2D eigenvalue weighted by Crippen LogP contribution is -2.40. The normalized spacial score (nSPS) is 16.2. The summed E-state index contributed by atoms with van der Waals surface area (Å²) in [6, 6.07) is 8.92. The fourth-order valence-electron chi connectivity index (χ4n) is 2.55. The SMILES string of the molecule is O=S(=O)(c1cc(-c2ccc(Cl)cc2)c(O)cc1O)N1CCOCC1. The van der Waals surface area contributed by atoms with Gasteiger partial charge in [0, 0.05) is 29.7 Å². The van der Waals surface area contributed by atoms with Crippen LogP contribution in [0.15, 0.2) is 41.3 Å². The van der Waals surface area contributed by atoms with E-state index in [9.17, 15) is 18.6 Å². The molecule has 0 radical (unpaired) electrons. The van der Waals surface area contributed by atoms with E-state index in [0.29, 0.717) is 29.4 Å². The first-order valence-electron chi connectivity index (χ1n) is 7.29. The van der Waals surface area contributed by atoms with Crippen LogP contribution < -0.4 is 0 Å². The number of hydrogen-bond acceptors (Lipinski definition) is 5. The Morgan fingerprint density at radius 3 is 2.25 bits per heavy atom. The Hall–Kier alpha value is -1.80. The van der Waals surface area contributed by atoms with E-state index in [0.717, 1.165) is 6.07 Å². The van der Waals surface area contributed by atoms with E-state index in [2.05, 4.69) is 0 Å². The molecule has 24 heavy (non-hydrogen) atoms. The first kappa shape index (κ1) is 17.0.